The van der Waals surface area contributed by atoms with Crippen molar-refractivity contribution in [2.75, 3.05) is 19.4 Å². The maximum Gasteiger partial charge on any atom is 0.221 e. The molecular weight excluding hydrogens is 236 g/mol. The summed E-state index contributed by atoms with van der Waals surface area (Å²) in [5.74, 6) is 1.12. The summed E-state index contributed by atoms with van der Waals surface area (Å²) in [4.78, 5) is 13.4. The molecule has 0 unspecified atom stereocenters. The van der Waals surface area contributed by atoms with Crippen LogP contribution in [-0.2, 0) is 4.79 Å². The zero-order valence-corrected chi connectivity index (χ0v) is 12.9. The molecule has 0 radical (unpaired) electrons. The van der Waals surface area contributed by atoms with E-state index in [0.29, 0.717) is 17.9 Å². The van der Waals surface area contributed by atoms with Gasteiger partial charge in [-0.2, -0.15) is 0 Å². The Balaban J connectivity index is 3.06. The molecule has 1 aromatic carbocycles. The Morgan fingerprint density at radius 1 is 1.21 bits per heavy atom. The number of benzene rings is 1. The predicted molar refractivity (Wildman–Crippen MR) is 81.2 cm³/mol. The third-order valence-electron chi connectivity index (χ3n) is 3.65. The average Bonchev–Trinajstić information content (AvgIpc) is 2.27. The molecule has 0 heterocycles. The number of amides is 1. The Kier molecular flexibility index (Phi) is 5.55. The molecule has 0 spiro atoms. The van der Waals surface area contributed by atoms with E-state index in [-0.39, 0.29) is 5.91 Å². The van der Waals surface area contributed by atoms with Crippen LogP contribution < -0.4 is 5.32 Å². The fraction of sp³-hybridized carbons (Fsp3) is 0.562. The molecule has 0 aliphatic heterocycles. The number of carbonyl (C=O) groups excluding carboxylic acids is 1. The Hall–Kier alpha value is -1.35. The zero-order valence-electron chi connectivity index (χ0n) is 12.9. The number of hydrogen-bond donors (Lipinski definition) is 1. The van der Waals surface area contributed by atoms with Gasteiger partial charge in [0.15, 0.2) is 0 Å². The van der Waals surface area contributed by atoms with E-state index in [1.165, 1.54) is 12.5 Å². The summed E-state index contributed by atoms with van der Waals surface area (Å²) in [6.07, 6.45) is 0. The highest BCUT2D eigenvalue weighted by atomic mass is 16.1. The minimum absolute atomic E-state index is 0.0320. The van der Waals surface area contributed by atoms with Gasteiger partial charge in [0.05, 0.1) is 0 Å². The predicted octanol–water partition coefficient (Wildman–Crippen LogP) is 3.54. The van der Waals surface area contributed by atoms with Crippen molar-refractivity contribution in [3.05, 3.63) is 29.8 Å². The molecule has 0 aliphatic carbocycles. The Morgan fingerprint density at radius 3 is 2.32 bits per heavy atom. The first kappa shape index (κ1) is 15.7. The van der Waals surface area contributed by atoms with Crippen LogP contribution >= 0.6 is 0 Å². The van der Waals surface area contributed by atoms with Gasteiger partial charge in [-0.15, -0.1) is 0 Å². The molecular formula is C16H26N2O. The van der Waals surface area contributed by atoms with Crippen molar-refractivity contribution >= 4 is 11.6 Å². The number of hydrogen-bond acceptors (Lipinski definition) is 2. The highest BCUT2D eigenvalue weighted by Crippen LogP contribution is 2.32. The molecule has 3 nitrogen and oxygen atoms in total. The Labute approximate surface area is 117 Å². The molecule has 1 amide bonds. The summed E-state index contributed by atoms with van der Waals surface area (Å²) in [5.41, 5.74) is 2.12. The first-order valence-electron chi connectivity index (χ1n) is 6.87. The van der Waals surface area contributed by atoms with Gasteiger partial charge in [-0.05, 0) is 43.6 Å². The molecule has 0 fully saturated rings. The zero-order chi connectivity index (χ0) is 14.6. The van der Waals surface area contributed by atoms with Gasteiger partial charge < -0.3 is 10.2 Å². The van der Waals surface area contributed by atoms with Crippen LogP contribution in [0.25, 0.3) is 0 Å². The number of anilines is 1. The second-order valence-corrected chi connectivity index (χ2v) is 5.82. The van der Waals surface area contributed by atoms with Gasteiger partial charge in [-0.1, -0.05) is 32.9 Å². The quantitative estimate of drug-likeness (QED) is 0.880. The average molecular weight is 262 g/mol. The van der Waals surface area contributed by atoms with Crippen molar-refractivity contribution in [2.24, 2.45) is 11.8 Å². The molecule has 3 heteroatoms. The van der Waals surface area contributed by atoms with Crippen LogP contribution in [0.2, 0.25) is 0 Å². The van der Waals surface area contributed by atoms with E-state index >= 15 is 0 Å². The van der Waals surface area contributed by atoms with E-state index in [2.05, 4.69) is 57.2 Å². The Morgan fingerprint density at radius 2 is 1.84 bits per heavy atom. The van der Waals surface area contributed by atoms with Crippen LogP contribution in [0.4, 0.5) is 5.69 Å². The molecule has 2 atom stereocenters. The molecule has 0 saturated carbocycles. The van der Waals surface area contributed by atoms with E-state index < -0.39 is 0 Å². The lowest BCUT2D eigenvalue weighted by Gasteiger charge is -2.33. The van der Waals surface area contributed by atoms with E-state index in [4.69, 9.17) is 0 Å². The molecule has 0 aliphatic rings. The smallest absolute Gasteiger partial charge is 0.221 e. The summed E-state index contributed by atoms with van der Waals surface area (Å²) < 4.78 is 0. The lowest BCUT2D eigenvalue weighted by atomic mass is 9.85. The largest absolute Gasteiger partial charge is 0.326 e. The van der Waals surface area contributed by atoms with Crippen molar-refractivity contribution in [1.29, 1.82) is 0 Å². The summed E-state index contributed by atoms with van der Waals surface area (Å²) in [6.45, 7) is 8.31. The van der Waals surface area contributed by atoms with Crippen LogP contribution in [0.5, 0.6) is 0 Å². The minimum Gasteiger partial charge on any atom is -0.326 e. The highest BCUT2D eigenvalue weighted by Gasteiger charge is 2.24. The van der Waals surface area contributed by atoms with E-state index in [1.54, 1.807) is 0 Å². The third-order valence-corrected chi connectivity index (χ3v) is 3.65. The SMILES string of the molecule is CC(=O)Nc1cccc([C@@H]([C@H](C)C(C)C)N(C)C)c1. The van der Waals surface area contributed by atoms with Crippen molar-refractivity contribution in [3.63, 3.8) is 0 Å². The van der Waals surface area contributed by atoms with Gasteiger partial charge in [0.25, 0.3) is 0 Å². The fourth-order valence-electron chi connectivity index (χ4n) is 2.44. The van der Waals surface area contributed by atoms with Crippen molar-refractivity contribution in [2.45, 2.75) is 33.7 Å². The monoisotopic (exact) mass is 262 g/mol. The first-order valence-corrected chi connectivity index (χ1v) is 6.87. The highest BCUT2D eigenvalue weighted by molar-refractivity contribution is 5.88. The van der Waals surface area contributed by atoms with Crippen LogP contribution in [0, 0.1) is 11.8 Å². The van der Waals surface area contributed by atoms with Gasteiger partial charge in [0.2, 0.25) is 5.91 Å². The summed E-state index contributed by atoms with van der Waals surface area (Å²) >= 11 is 0. The van der Waals surface area contributed by atoms with Crippen molar-refractivity contribution in [3.8, 4) is 0 Å². The number of nitrogens with one attached hydrogen (secondary N) is 1. The van der Waals surface area contributed by atoms with Gasteiger partial charge in [-0.3, -0.25) is 4.79 Å². The summed E-state index contributed by atoms with van der Waals surface area (Å²) in [7, 11) is 4.21. The third kappa shape index (κ3) is 4.35. The minimum atomic E-state index is -0.0320. The van der Waals surface area contributed by atoms with Crippen molar-refractivity contribution in [1.82, 2.24) is 4.90 Å². The molecule has 0 saturated heterocycles. The molecule has 1 rings (SSSR count). The normalized spacial score (nSPS) is 14.5. The molecule has 19 heavy (non-hydrogen) atoms. The molecule has 0 aromatic heterocycles. The number of nitrogens with zero attached hydrogens (tertiary/aromatic N) is 1. The standard InChI is InChI=1S/C16H26N2O/c1-11(2)12(3)16(18(5)6)14-8-7-9-15(10-14)17-13(4)19/h7-12,16H,1-6H3,(H,17,19)/t12-,16-/m1/s1. The second-order valence-electron chi connectivity index (χ2n) is 5.82. The second kappa shape index (κ2) is 6.71. The molecule has 1 aromatic rings. The topological polar surface area (TPSA) is 32.3 Å². The summed E-state index contributed by atoms with van der Waals surface area (Å²) in [6, 6.07) is 8.50. The van der Waals surface area contributed by atoms with E-state index in [1.807, 2.05) is 12.1 Å². The van der Waals surface area contributed by atoms with E-state index in [0.717, 1.165) is 5.69 Å². The van der Waals surface area contributed by atoms with E-state index in [9.17, 15) is 4.79 Å². The fourth-order valence-corrected chi connectivity index (χ4v) is 2.44. The summed E-state index contributed by atoms with van der Waals surface area (Å²) in [5, 5.41) is 2.85. The van der Waals surface area contributed by atoms with Crippen LogP contribution in [-0.4, -0.2) is 24.9 Å². The molecule has 106 valence electrons. The first-order chi connectivity index (χ1) is 8.82. The van der Waals surface area contributed by atoms with Gasteiger partial charge in [0, 0.05) is 18.7 Å². The Bertz CT molecular complexity index is 427. The maximum absolute atomic E-state index is 11.1. The van der Waals surface area contributed by atoms with Crippen LogP contribution in [0.15, 0.2) is 24.3 Å². The maximum atomic E-state index is 11.1. The van der Waals surface area contributed by atoms with Crippen LogP contribution in [0.1, 0.15) is 39.3 Å². The van der Waals surface area contributed by atoms with Gasteiger partial charge >= 0.3 is 0 Å². The lowest BCUT2D eigenvalue weighted by Crippen LogP contribution is -2.28. The lowest BCUT2D eigenvalue weighted by molar-refractivity contribution is -0.114. The van der Waals surface area contributed by atoms with Crippen LogP contribution in [0.3, 0.4) is 0 Å². The van der Waals surface area contributed by atoms with Crippen molar-refractivity contribution < 1.29 is 4.79 Å². The molecule has 1 N–H and O–H groups in total. The number of carbonyl (C=O) groups is 1. The van der Waals surface area contributed by atoms with Gasteiger partial charge in [-0.25, -0.2) is 0 Å². The number of rotatable bonds is 5. The van der Waals surface area contributed by atoms with Gasteiger partial charge in [0.1, 0.15) is 0 Å². The molecule has 0 bridgehead atoms.